The highest BCUT2D eigenvalue weighted by atomic mass is 32.2. The Bertz CT molecular complexity index is 918. The van der Waals surface area contributed by atoms with Gasteiger partial charge in [0.05, 0.1) is 4.90 Å². The highest BCUT2D eigenvalue weighted by Gasteiger charge is 2.19. The zero-order valence-corrected chi connectivity index (χ0v) is 12.1. The van der Waals surface area contributed by atoms with Gasteiger partial charge in [0.2, 0.25) is 10.0 Å². The van der Waals surface area contributed by atoms with Crippen molar-refractivity contribution in [3.63, 3.8) is 0 Å². The Morgan fingerprint density at radius 2 is 1.68 bits per heavy atom. The van der Waals surface area contributed by atoms with Crippen molar-refractivity contribution in [2.45, 2.75) is 4.90 Å². The van der Waals surface area contributed by atoms with Crippen molar-refractivity contribution in [1.29, 1.82) is 0 Å². The Hall–Kier alpha value is -2.51. The van der Waals surface area contributed by atoms with E-state index in [1.165, 1.54) is 18.2 Å². The van der Waals surface area contributed by atoms with E-state index in [4.69, 9.17) is 5.14 Å². The molecule has 2 aromatic carbocycles. The van der Waals surface area contributed by atoms with Gasteiger partial charge in [-0.05, 0) is 23.8 Å². The van der Waals surface area contributed by atoms with E-state index in [2.05, 4.69) is 10.2 Å². The van der Waals surface area contributed by atoms with E-state index in [-0.39, 0.29) is 10.7 Å². The number of sulfonamides is 1. The molecule has 0 saturated heterocycles. The second kappa shape index (κ2) is 5.36. The summed E-state index contributed by atoms with van der Waals surface area (Å²) < 4.78 is 36.5. The molecular formula is C15H12FN3O2S. The van der Waals surface area contributed by atoms with Crippen LogP contribution in [0.4, 0.5) is 4.39 Å². The van der Waals surface area contributed by atoms with E-state index >= 15 is 0 Å². The van der Waals surface area contributed by atoms with E-state index in [9.17, 15) is 12.8 Å². The van der Waals surface area contributed by atoms with Crippen molar-refractivity contribution in [2.75, 3.05) is 0 Å². The van der Waals surface area contributed by atoms with Crippen LogP contribution in [0.2, 0.25) is 0 Å². The number of H-pyrrole nitrogens is 1. The summed E-state index contributed by atoms with van der Waals surface area (Å²) in [5.41, 5.74) is 2.22. The van der Waals surface area contributed by atoms with Crippen LogP contribution in [0.3, 0.4) is 0 Å². The summed E-state index contributed by atoms with van der Waals surface area (Å²) in [5, 5.41) is 12.1. The minimum Gasteiger partial charge on any atom is -0.284 e. The molecule has 7 heteroatoms. The van der Waals surface area contributed by atoms with Crippen molar-refractivity contribution in [3.8, 4) is 22.4 Å². The topological polar surface area (TPSA) is 88.8 Å². The Labute approximate surface area is 126 Å². The minimum atomic E-state index is -3.88. The molecule has 22 heavy (non-hydrogen) atoms. The van der Waals surface area contributed by atoms with Gasteiger partial charge >= 0.3 is 0 Å². The van der Waals surface area contributed by atoms with Gasteiger partial charge in [-0.1, -0.05) is 30.3 Å². The minimum absolute atomic E-state index is 0.00883. The lowest BCUT2D eigenvalue weighted by atomic mass is 10.0. The van der Waals surface area contributed by atoms with Crippen LogP contribution in [-0.2, 0) is 10.0 Å². The summed E-state index contributed by atoms with van der Waals surface area (Å²) in [5.74, 6) is -0.348. The van der Waals surface area contributed by atoms with Gasteiger partial charge < -0.3 is 0 Å². The van der Waals surface area contributed by atoms with Gasteiger partial charge in [0, 0.05) is 17.3 Å². The number of nitrogens with zero attached hydrogens (tertiary/aromatic N) is 1. The molecule has 0 aliphatic rings. The third kappa shape index (κ3) is 2.63. The smallest absolute Gasteiger partial charge is 0.238 e. The summed E-state index contributed by atoms with van der Waals surface area (Å²) in [6, 6.07) is 12.2. The molecule has 3 aromatic rings. The Morgan fingerprint density at radius 1 is 1.00 bits per heavy atom. The van der Waals surface area contributed by atoms with Crippen molar-refractivity contribution < 1.29 is 12.8 Å². The van der Waals surface area contributed by atoms with Gasteiger partial charge in [0.15, 0.2) is 0 Å². The lowest BCUT2D eigenvalue weighted by molar-refractivity contribution is 0.598. The normalized spacial score (nSPS) is 11.5. The molecule has 112 valence electrons. The first kappa shape index (κ1) is 14.4. The lowest BCUT2D eigenvalue weighted by Crippen LogP contribution is -2.13. The van der Waals surface area contributed by atoms with Crippen molar-refractivity contribution >= 4 is 10.0 Å². The maximum atomic E-state index is 13.1. The number of rotatable bonds is 3. The molecule has 0 saturated carbocycles. The maximum absolute atomic E-state index is 13.1. The Morgan fingerprint density at radius 3 is 2.36 bits per heavy atom. The van der Waals surface area contributed by atoms with Crippen molar-refractivity contribution in [1.82, 2.24) is 10.2 Å². The van der Waals surface area contributed by atoms with Crippen molar-refractivity contribution in [3.05, 3.63) is 60.5 Å². The van der Waals surface area contributed by atoms with Crippen LogP contribution < -0.4 is 5.14 Å². The SMILES string of the molecule is NS(=O)(=O)c1ccccc1-c1n[nH]cc1-c1ccc(F)cc1. The summed E-state index contributed by atoms with van der Waals surface area (Å²) in [4.78, 5) is -0.00883. The molecule has 0 unspecified atom stereocenters. The second-order valence-electron chi connectivity index (χ2n) is 4.70. The molecule has 5 nitrogen and oxygen atoms in total. The van der Waals surface area contributed by atoms with E-state index in [1.54, 1.807) is 36.5 Å². The van der Waals surface area contributed by atoms with Crippen LogP contribution in [-0.4, -0.2) is 18.6 Å². The van der Waals surface area contributed by atoms with Crippen LogP contribution in [0.25, 0.3) is 22.4 Å². The van der Waals surface area contributed by atoms with Gasteiger partial charge in [-0.3, -0.25) is 5.10 Å². The third-order valence-electron chi connectivity index (χ3n) is 3.24. The summed E-state index contributed by atoms with van der Waals surface area (Å²) in [6.07, 6.45) is 1.63. The Balaban J connectivity index is 2.20. The van der Waals surface area contributed by atoms with Gasteiger partial charge in [0.1, 0.15) is 11.5 Å². The maximum Gasteiger partial charge on any atom is 0.238 e. The van der Waals surface area contributed by atoms with E-state index in [1.807, 2.05) is 0 Å². The monoisotopic (exact) mass is 317 g/mol. The number of nitrogens with one attached hydrogen (secondary N) is 1. The molecule has 0 radical (unpaired) electrons. The van der Waals surface area contributed by atoms with E-state index < -0.39 is 10.0 Å². The lowest BCUT2D eigenvalue weighted by Gasteiger charge is -2.07. The zero-order valence-electron chi connectivity index (χ0n) is 11.3. The molecule has 0 bridgehead atoms. The predicted octanol–water partition coefficient (Wildman–Crippen LogP) is 2.53. The number of hydrogen-bond acceptors (Lipinski definition) is 3. The fourth-order valence-corrected chi connectivity index (χ4v) is 2.99. The first-order valence-electron chi connectivity index (χ1n) is 6.39. The molecule has 0 spiro atoms. The van der Waals surface area contributed by atoms with E-state index in [0.717, 1.165) is 5.56 Å². The largest absolute Gasteiger partial charge is 0.284 e. The van der Waals surface area contributed by atoms with Crippen LogP contribution in [0.1, 0.15) is 0 Å². The van der Waals surface area contributed by atoms with Gasteiger partial charge in [-0.15, -0.1) is 0 Å². The molecule has 3 N–H and O–H groups in total. The van der Waals surface area contributed by atoms with E-state index in [0.29, 0.717) is 16.8 Å². The molecule has 0 amide bonds. The quantitative estimate of drug-likeness (QED) is 0.778. The number of nitrogens with two attached hydrogens (primary N) is 1. The number of halogens is 1. The van der Waals surface area contributed by atoms with Crippen LogP contribution in [0, 0.1) is 5.82 Å². The van der Waals surface area contributed by atoms with Gasteiger partial charge in [-0.2, -0.15) is 5.10 Å². The zero-order chi connectivity index (χ0) is 15.7. The average Bonchev–Trinajstić information content (AvgIpc) is 2.96. The molecular weight excluding hydrogens is 305 g/mol. The predicted molar refractivity (Wildman–Crippen MR) is 80.8 cm³/mol. The van der Waals surface area contributed by atoms with Gasteiger partial charge in [0.25, 0.3) is 0 Å². The highest BCUT2D eigenvalue weighted by molar-refractivity contribution is 7.89. The summed E-state index contributed by atoms with van der Waals surface area (Å²) in [6.45, 7) is 0. The fraction of sp³-hybridized carbons (Fsp3) is 0. The molecule has 0 fully saturated rings. The third-order valence-corrected chi connectivity index (χ3v) is 4.21. The summed E-state index contributed by atoms with van der Waals surface area (Å²) >= 11 is 0. The standard InChI is InChI=1S/C15H12FN3O2S/c16-11-7-5-10(6-8-11)13-9-18-19-15(13)12-3-1-2-4-14(12)22(17,20)21/h1-9H,(H,18,19)(H2,17,20,21). The number of hydrogen-bond donors (Lipinski definition) is 2. The number of primary sulfonamides is 1. The van der Waals surface area contributed by atoms with Gasteiger partial charge in [-0.25, -0.2) is 17.9 Å². The molecule has 3 rings (SSSR count). The molecule has 0 atom stereocenters. The van der Waals surface area contributed by atoms with Crippen LogP contribution in [0.5, 0.6) is 0 Å². The number of aromatic amines is 1. The first-order valence-corrected chi connectivity index (χ1v) is 7.93. The number of benzene rings is 2. The van der Waals surface area contributed by atoms with Crippen LogP contribution in [0.15, 0.2) is 59.6 Å². The molecule has 0 aliphatic carbocycles. The molecule has 1 aromatic heterocycles. The van der Waals surface area contributed by atoms with Crippen molar-refractivity contribution in [2.24, 2.45) is 5.14 Å². The second-order valence-corrected chi connectivity index (χ2v) is 6.23. The van der Waals surface area contributed by atoms with Crippen LogP contribution >= 0.6 is 0 Å². The number of aromatic nitrogens is 2. The summed E-state index contributed by atoms with van der Waals surface area (Å²) in [7, 11) is -3.88. The highest BCUT2D eigenvalue weighted by Crippen LogP contribution is 2.33. The average molecular weight is 317 g/mol. The first-order chi connectivity index (χ1) is 10.5. The Kier molecular flexibility index (Phi) is 3.51. The molecule has 0 aliphatic heterocycles. The molecule has 1 heterocycles. The fourth-order valence-electron chi connectivity index (χ4n) is 2.26.